The van der Waals surface area contributed by atoms with E-state index in [1.807, 2.05) is 18.2 Å². The standard InChI is InChI=1S/C21H28/c1-2-3-4-5-6-7-8-9-10-11-12-13-15-18-21-19-16-14-17-20-21/h8,10,14,16-17,19-20H,2-7,11-13H2,1H3. The van der Waals surface area contributed by atoms with E-state index in [9.17, 15) is 0 Å². The Hall–Kier alpha value is -1.70. The predicted molar refractivity (Wildman–Crippen MR) is 93.2 cm³/mol. The lowest BCUT2D eigenvalue weighted by molar-refractivity contribution is 0.637. The van der Waals surface area contributed by atoms with E-state index >= 15 is 0 Å². The van der Waals surface area contributed by atoms with Crippen LogP contribution in [0.5, 0.6) is 0 Å². The first kappa shape index (κ1) is 17.4. The molecular weight excluding hydrogens is 252 g/mol. The van der Waals surface area contributed by atoms with Crippen molar-refractivity contribution in [1.82, 2.24) is 0 Å². The maximum atomic E-state index is 3.29. The first-order chi connectivity index (χ1) is 10.4. The van der Waals surface area contributed by atoms with Gasteiger partial charge in [-0.3, -0.25) is 0 Å². The van der Waals surface area contributed by atoms with E-state index in [4.69, 9.17) is 0 Å². The summed E-state index contributed by atoms with van der Waals surface area (Å²) in [4.78, 5) is 0. The Morgan fingerprint density at radius 2 is 1.57 bits per heavy atom. The summed E-state index contributed by atoms with van der Waals surface area (Å²) in [7, 11) is 0. The third-order valence-corrected chi connectivity index (χ3v) is 3.34. The SMILES string of the molecule is CCCCCCCC=C=CCCCC#Cc1ccccc1. The summed E-state index contributed by atoms with van der Waals surface area (Å²) in [6.07, 6.45) is 15.4. The summed E-state index contributed by atoms with van der Waals surface area (Å²) in [6.45, 7) is 2.26. The molecule has 0 aliphatic rings. The van der Waals surface area contributed by atoms with Crippen molar-refractivity contribution in [2.45, 2.75) is 64.7 Å². The fourth-order valence-electron chi connectivity index (χ4n) is 2.08. The molecule has 0 saturated heterocycles. The third-order valence-electron chi connectivity index (χ3n) is 3.34. The molecule has 0 aromatic heterocycles. The monoisotopic (exact) mass is 280 g/mol. The van der Waals surface area contributed by atoms with Crippen LogP contribution in [0.1, 0.15) is 70.3 Å². The van der Waals surface area contributed by atoms with Crippen LogP contribution >= 0.6 is 0 Å². The molecule has 0 radical (unpaired) electrons. The highest BCUT2D eigenvalue weighted by atomic mass is 13.9. The zero-order chi connectivity index (χ0) is 15.0. The van der Waals surface area contributed by atoms with Crippen molar-refractivity contribution in [3.8, 4) is 11.8 Å². The minimum absolute atomic E-state index is 0.962. The van der Waals surface area contributed by atoms with Gasteiger partial charge in [0.1, 0.15) is 0 Å². The van der Waals surface area contributed by atoms with Crippen LogP contribution in [0.4, 0.5) is 0 Å². The molecule has 1 aromatic rings. The summed E-state index contributed by atoms with van der Waals surface area (Å²) in [5.41, 5.74) is 4.39. The molecule has 0 N–H and O–H groups in total. The number of hydrogen-bond donors (Lipinski definition) is 0. The molecule has 0 unspecified atom stereocenters. The molecule has 1 aromatic carbocycles. The molecule has 0 aliphatic heterocycles. The van der Waals surface area contributed by atoms with Gasteiger partial charge in [-0.15, -0.1) is 5.73 Å². The van der Waals surface area contributed by atoms with E-state index in [1.165, 1.54) is 38.5 Å². The van der Waals surface area contributed by atoms with Crippen molar-refractivity contribution in [2.24, 2.45) is 0 Å². The van der Waals surface area contributed by atoms with Crippen molar-refractivity contribution in [3.63, 3.8) is 0 Å². The summed E-state index contributed by atoms with van der Waals surface area (Å²) >= 11 is 0. The molecule has 0 aliphatic carbocycles. The van der Waals surface area contributed by atoms with E-state index in [-0.39, 0.29) is 0 Å². The summed E-state index contributed by atoms with van der Waals surface area (Å²) in [5.74, 6) is 6.41. The average Bonchev–Trinajstić information content (AvgIpc) is 2.53. The van der Waals surface area contributed by atoms with E-state index in [0.29, 0.717) is 0 Å². The second kappa shape index (κ2) is 13.3. The predicted octanol–water partition coefficient (Wildman–Crippen LogP) is 6.28. The van der Waals surface area contributed by atoms with Crippen LogP contribution in [-0.4, -0.2) is 0 Å². The van der Waals surface area contributed by atoms with Gasteiger partial charge in [0.2, 0.25) is 0 Å². The van der Waals surface area contributed by atoms with Gasteiger partial charge in [0, 0.05) is 12.0 Å². The molecule has 0 saturated carbocycles. The molecule has 0 amide bonds. The van der Waals surface area contributed by atoms with Crippen LogP contribution < -0.4 is 0 Å². The van der Waals surface area contributed by atoms with Gasteiger partial charge >= 0.3 is 0 Å². The number of hydrogen-bond acceptors (Lipinski definition) is 0. The number of allylic oxidation sites excluding steroid dienone is 1. The van der Waals surface area contributed by atoms with Gasteiger partial charge in [-0.25, -0.2) is 0 Å². The van der Waals surface area contributed by atoms with Gasteiger partial charge in [0.05, 0.1) is 0 Å². The maximum Gasteiger partial charge on any atom is 0.0245 e. The Bertz CT molecular complexity index is 464. The minimum Gasteiger partial charge on any atom is -0.130 e. The van der Waals surface area contributed by atoms with E-state index in [0.717, 1.165) is 24.8 Å². The highest BCUT2D eigenvalue weighted by Crippen LogP contribution is 2.05. The zero-order valence-corrected chi connectivity index (χ0v) is 13.4. The smallest absolute Gasteiger partial charge is 0.0245 e. The molecule has 0 heterocycles. The highest BCUT2D eigenvalue weighted by Gasteiger charge is 1.86. The lowest BCUT2D eigenvalue weighted by Gasteiger charge is -1.94. The summed E-state index contributed by atoms with van der Waals surface area (Å²) in [6, 6.07) is 10.2. The zero-order valence-electron chi connectivity index (χ0n) is 13.4. The van der Waals surface area contributed by atoms with Crippen LogP contribution in [-0.2, 0) is 0 Å². The number of benzene rings is 1. The van der Waals surface area contributed by atoms with Gasteiger partial charge in [-0.05, 0) is 50.0 Å². The molecular formula is C21H28. The molecule has 112 valence electrons. The normalized spacial score (nSPS) is 9.38. The topological polar surface area (TPSA) is 0 Å². The molecule has 0 spiro atoms. The second-order valence-electron chi connectivity index (χ2n) is 5.34. The van der Waals surface area contributed by atoms with Crippen LogP contribution in [0.25, 0.3) is 0 Å². The van der Waals surface area contributed by atoms with E-state index < -0.39 is 0 Å². The largest absolute Gasteiger partial charge is 0.130 e. The lowest BCUT2D eigenvalue weighted by Crippen LogP contribution is -1.75. The first-order valence-electron chi connectivity index (χ1n) is 8.37. The van der Waals surface area contributed by atoms with E-state index in [2.05, 4.69) is 48.8 Å². The van der Waals surface area contributed by atoms with Gasteiger partial charge in [-0.1, -0.05) is 62.6 Å². The van der Waals surface area contributed by atoms with Crippen molar-refractivity contribution in [1.29, 1.82) is 0 Å². The first-order valence-corrected chi connectivity index (χ1v) is 8.37. The van der Waals surface area contributed by atoms with Crippen molar-refractivity contribution < 1.29 is 0 Å². The Morgan fingerprint density at radius 3 is 2.33 bits per heavy atom. The summed E-state index contributed by atoms with van der Waals surface area (Å²) in [5, 5.41) is 0. The Labute approximate surface area is 131 Å². The average molecular weight is 280 g/mol. The second-order valence-corrected chi connectivity index (χ2v) is 5.34. The third kappa shape index (κ3) is 10.7. The minimum atomic E-state index is 0.962. The van der Waals surface area contributed by atoms with Gasteiger partial charge in [-0.2, -0.15) is 0 Å². The maximum absolute atomic E-state index is 3.29. The number of unbranched alkanes of at least 4 members (excludes halogenated alkanes) is 7. The molecule has 0 bridgehead atoms. The molecule has 0 atom stereocenters. The fraction of sp³-hybridized carbons (Fsp3) is 0.476. The van der Waals surface area contributed by atoms with Gasteiger partial charge in [0.15, 0.2) is 0 Å². The van der Waals surface area contributed by atoms with Crippen molar-refractivity contribution in [3.05, 3.63) is 53.8 Å². The number of rotatable bonds is 9. The van der Waals surface area contributed by atoms with Gasteiger partial charge in [0.25, 0.3) is 0 Å². The van der Waals surface area contributed by atoms with Crippen LogP contribution in [0.2, 0.25) is 0 Å². The molecule has 1 rings (SSSR count). The van der Waals surface area contributed by atoms with Crippen molar-refractivity contribution in [2.75, 3.05) is 0 Å². The molecule has 0 fully saturated rings. The Kier molecular flexibility index (Phi) is 11.0. The van der Waals surface area contributed by atoms with E-state index in [1.54, 1.807) is 0 Å². The summed E-state index contributed by atoms with van der Waals surface area (Å²) < 4.78 is 0. The Morgan fingerprint density at radius 1 is 0.857 bits per heavy atom. The van der Waals surface area contributed by atoms with Crippen LogP contribution in [0, 0.1) is 11.8 Å². The highest BCUT2D eigenvalue weighted by molar-refractivity contribution is 5.33. The lowest BCUT2D eigenvalue weighted by atomic mass is 10.1. The fourth-order valence-corrected chi connectivity index (χ4v) is 2.08. The Balaban J connectivity index is 2.01. The molecule has 21 heavy (non-hydrogen) atoms. The molecule has 0 nitrogen and oxygen atoms in total. The van der Waals surface area contributed by atoms with Gasteiger partial charge < -0.3 is 0 Å². The van der Waals surface area contributed by atoms with Crippen LogP contribution in [0.3, 0.4) is 0 Å². The van der Waals surface area contributed by atoms with Crippen LogP contribution in [0.15, 0.2) is 48.2 Å². The quantitative estimate of drug-likeness (QED) is 0.284. The molecule has 0 heteroatoms. The van der Waals surface area contributed by atoms with Crippen molar-refractivity contribution >= 4 is 0 Å².